The van der Waals surface area contributed by atoms with Crippen molar-refractivity contribution in [2.75, 3.05) is 5.32 Å². The molecule has 3 rings (SSSR count). The SMILES string of the molecule is CC1CCC(Nc2ccc3oc(C(C)C)nc3c2)CC1. The van der Waals surface area contributed by atoms with Gasteiger partial charge in [-0.05, 0) is 49.8 Å². The van der Waals surface area contributed by atoms with Gasteiger partial charge in [-0.3, -0.25) is 0 Å². The lowest BCUT2D eigenvalue weighted by Crippen LogP contribution is -2.25. The fourth-order valence-electron chi connectivity index (χ4n) is 2.92. The van der Waals surface area contributed by atoms with E-state index in [-0.39, 0.29) is 0 Å². The predicted molar refractivity (Wildman–Crippen MR) is 83.1 cm³/mol. The first-order valence-electron chi connectivity index (χ1n) is 7.79. The molecule has 108 valence electrons. The van der Waals surface area contributed by atoms with E-state index in [9.17, 15) is 0 Å². The lowest BCUT2D eigenvalue weighted by molar-refractivity contribution is 0.361. The molecule has 0 saturated heterocycles. The van der Waals surface area contributed by atoms with Gasteiger partial charge in [0.05, 0.1) is 0 Å². The van der Waals surface area contributed by atoms with Crippen LogP contribution in [0.4, 0.5) is 5.69 Å². The Labute approximate surface area is 120 Å². The van der Waals surface area contributed by atoms with Gasteiger partial charge >= 0.3 is 0 Å². The maximum atomic E-state index is 5.75. The highest BCUT2D eigenvalue weighted by Gasteiger charge is 2.18. The van der Waals surface area contributed by atoms with Crippen molar-refractivity contribution in [3.8, 4) is 0 Å². The van der Waals surface area contributed by atoms with Crippen molar-refractivity contribution in [1.29, 1.82) is 0 Å². The van der Waals surface area contributed by atoms with Crippen LogP contribution in [0.5, 0.6) is 0 Å². The molecule has 0 spiro atoms. The zero-order valence-electron chi connectivity index (χ0n) is 12.6. The standard InChI is InChI=1S/C17H24N2O/c1-11(2)17-19-15-10-14(8-9-16(15)20-17)18-13-6-4-12(3)5-7-13/h8-13,18H,4-7H2,1-3H3. The van der Waals surface area contributed by atoms with Crippen LogP contribution in [-0.2, 0) is 0 Å². The lowest BCUT2D eigenvalue weighted by Gasteiger charge is -2.27. The molecule has 1 saturated carbocycles. The van der Waals surface area contributed by atoms with E-state index in [1.807, 2.05) is 6.07 Å². The van der Waals surface area contributed by atoms with Gasteiger partial charge in [-0.2, -0.15) is 0 Å². The summed E-state index contributed by atoms with van der Waals surface area (Å²) in [7, 11) is 0. The largest absolute Gasteiger partial charge is 0.440 e. The van der Waals surface area contributed by atoms with Gasteiger partial charge in [0, 0.05) is 17.6 Å². The minimum atomic E-state index is 0.332. The molecule has 1 aliphatic carbocycles. The van der Waals surface area contributed by atoms with Gasteiger partial charge in [-0.25, -0.2) is 4.98 Å². The Morgan fingerprint density at radius 2 is 1.95 bits per heavy atom. The van der Waals surface area contributed by atoms with E-state index < -0.39 is 0 Å². The van der Waals surface area contributed by atoms with Gasteiger partial charge in [0.2, 0.25) is 0 Å². The van der Waals surface area contributed by atoms with Crippen LogP contribution in [0.3, 0.4) is 0 Å². The number of fused-ring (bicyclic) bond motifs is 1. The Kier molecular flexibility index (Phi) is 3.68. The normalized spacial score (nSPS) is 23.4. The molecule has 20 heavy (non-hydrogen) atoms. The number of hydrogen-bond donors (Lipinski definition) is 1. The molecule has 3 heteroatoms. The minimum absolute atomic E-state index is 0.332. The molecule has 0 atom stereocenters. The molecule has 0 aliphatic heterocycles. The third-order valence-electron chi connectivity index (χ3n) is 4.28. The van der Waals surface area contributed by atoms with Crippen LogP contribution in [0.25, 0.3) is 11.1 Å². The van der Waals surface area contributed by atoms with Crippen LogP contribution in [0.15, 0.2) is 22.6 Å². The first-order valence-corrected chi connectivity index (χ1v) is 7.79. The Hall–Kier alpha value is -1.51. The van der Waals surface area contributed by atoms with Gasteiger partial charge < -0.3 is 9.73 Å². The van der Waals surface area contributed by atoms with Crippen molar-refractivity contribution in [2.45, 2.75) is 58.4 Å². The van der Waals surface area contributed by atoms with Crippen LogP contribution in [0.1, 0.15) is 58.3 Å². The van der Waals surface area contributed by atoms with Crippen LogP contribution >= 0.6 is 0 Å². The van der Waals surface area contributed by atoms with E-state index in [0.717, 1.165) is 22.9 Å². The second kappa shape index (κ2) is 5.47. The summed E-state index contributed by atoms with van der Waals surface area (Å²) >= 11 is 0. The van der Waals surface area contributed by atoms with Gasteiger partial charge in [0.15, 0.2) is 11.5 Å². The van der Waals surface area contributed by atoms with Crippen LogP contribution in [-0.4, -0.2) is 11.0 Å². The van der Waals surface area contributed by atoms with Gasteiger partial charge in [-0.1, -0.05) is 20.8 Å². The summed E-state index contributed by atoms with van der Waals surface area (Å²) in [4.78, 5) is 4.57. The maximum Gasteiger partial charge on any atom is 0.198 e. The number of anilines is 1. The third kappa shape index (κ3) is 2.82. The zero-order valence-corrected chi connectivity index (χ0v) is 12.6. The third-order valence-corrected chi connectivity index (χ3v) is 4.28. The fourth-order valence-corrected chi connectivity index (χ4v) is 2.92. The van der Waals surface area contributed by atoms with Crippen LogP contribution < -0.4 is 5.32 Å². The van der Waals surface area contributed by atoms with Gasteiger partial charge in [0.1, 0.15) is 5.52 Å². The molecule has 0 radical (unpaired) electrons. The smallest absolute Gasteiger partial charge is 0.198 e. The highest BCUT2D eigenvalue weighted by atomic mass is 16.3. The molecule has 0 bridgehead atoms. The number of aromatic nitrogens is 1. The molecule has 1 fully saturated rings. The molecule has 1 N–H and O–H groups in total. The van der Waals surface area contributed by atoms with E-state index >= 15 is 0 Å². The Bertz CT molecular complexity index is 580. The van der Waals surface area contributed by atoms with Gasteiger partial charge in [0.25, 0.3) is 0 Å². The van der Waals surface area contributed by atoms with Crippen molar-refractivity contribution in [3.05, 3.63) is 24.1 Å². The monoisotopic (exact) mass is 272 g/mol. The van der Waals surface area contributed by atoms with Crippen molar-refractivity contribution in [1.82, 2.24) is 4.98 Å². The molecule has 1 aromatic carbocycles. The Balaban J connectivity index is 1.75. The molecule has 2 aromatic rings. The molecule has 0 unspecified atom stereocenters. The van der Waals surface area contributed by atoms with Crippen molar-refractivity contribution < 1.29 is 4.42 Å². The summed E-state index contributed by atoms with van der Waals surface area (Å²) in [6.45, 7) is 6.56. The summed E-state index contributed by atoms with van der Waals surface area (Å²) < 4.78 is 5.75. The first-order chi connectivity index (χ1) is 9.61. The minimum Gasteiger partial charge on any atom is -0.440 e. The number of hydrogen-bond acceptors (Lipinski definition) is 3. The van der Waals surface area contributed by atoms with Crippen LogP contribution in [0, 0.1) is 5.92 Å². The van der Waals surface area contributed by atoms with Crippen LogP contribution in [0.2, 0.25) is 0 Å². The lowest BCUT2D eigenvalue weighted by atomic mass is 9.87. The average Bonchev–Trinajstić information content (AvgIpc) is 2.85. The molecule has 0 amide bonds. The molecule has 3 nitrogen and oxygen atoms in total. The second-order valence-electron chi connectivity index (χ2n) is 6.49. The summed E-state index contributed by atoms with van der Waals surface area (Å²) in [5.74, 6) is 2.04. The number of nitrogens with zero attached hydrogens (tertiary/aromatic N) is 1. The highest BCUT2D eigenvalue weighted by Crippen LogP contribution is 2.28. The summed E-state index contributed by atoms with van der Waals surface area (Å²) in [5, 5.41) is 3.65. The van der Waals surface area contributed by atoms with E-state index in [1.165, 1.54) is 31.4 Å². The quantitative estimate of drug-likeness (QED) is 0.859. The molecule has 1 heterocycles. The number of benzene rings is 1. The van der Waals surface area contributed by atoms with E-state index in [2.05, 4.69) is 43.2 Å². The van der Waals surface area contributed by atoms with Crippen molar-refractivity contribution in [3.63, 3.8) is 0 Å². The number of nitrogens with one attached hydrogen (secondary N) is 1. The van der Waals surface area contributed by atoms with Gasteiger partial charge in [-0.15, -0.1) is 0 Å². The zero-order chi connectivity index (χ0) is 14.1. The predicted octanol–water partition coefficient (Wildman–Crippen LogP) is 4.94. The summed E-state index contributed by atoms with van der Waals surface area (Å²) in [6, 6.07) is 6.86. The Morgan fingerprint density at radius 3 is 2.65 bits per heavy atom. The van der Waals surface area contributed by atoms with Crippen molar-refractivity contribution in [2.24, 2.45) is 5.92 Å². The van der Waals surface area contributed by atoms with Crippen molar-refractivity contribution >= 4 is 16.8 Å². The molecule has 1 aromatic heterocycles. The molecule has 1 aliphatic rings. The maximum absolute atomic E-state index is 5.75. The Morgan fingerprint density at radius 1 is 1.20 bits per heavy atom. The summed E-state index contributed by atoms with van der Waals surface area (Å²) in [5.41, 5.74) is 3.01. The van der Waals surface area contributed by atoms with E-state index in [0.29, 0.717) is 12.0 Å². The van der Waals surface area contributed by atoms with E-state index in [4.69, 9.17) is 4.42 Å². The second-order valence-corrected chi connectivity index (χ2v) is 6.49. The average molecular weight is 272 g/mol. The first kappa shape index (κ1) is 13.5. The summed E-state index contributed by atoms with van der Waals surface area (Å²) in [6.07, 6.45) is 5.22. The van der Waals surface area contributed by atoms with E-state index in [1.54, 1.807) is 0 Å². The molecular formula is C17H24N2O. The molecular weight excluding hydrogens is 248 g/mol. The highest BCUT2D eigenvalue weighted by molar-refractivity contribution is 5.77. The topological polar surface area (TPSA) is 38.1 Å². The number of oxazole rings is 1. The number of rotatable bonds is 3. The fraction of sp³-hybridized carbons (Fsp3) is 0.588.